The number of rotatable bonds is 0. The van der Waals surface area contributed by atoms with E-state index in [0.29, 0.717) is 0 Å². The van der Waals surface area contributed by atoms with Gasteiger partial charge in [-0.05, 0) is 27.4 Å². The standard InChI is InChI=1S/C16H14SSi/c1-18(2)14-10-6-4-8-12(14)15-16(18)11-7-3-5-9-13(11)17-15/h3-10H,1-2H3. The molecule has 18 heavy (non-hydrogen) atoms. The van der Waals surface area contributed by atoms with Crippen LogP contribution in [0.1, 0.15) is 0 Å². The summed E-state index contributed by atoms with van der Waals surface area (Å²) in [7, 11) is -1.48. The number of hydrogen-bond donors (Lipinski definition) is 0. The molecule has 0 amide bonds. The Balaban J connectivity index is 2.20. The molecule has 88 valence electrons. The maximum Gasteiger partial charge on any atom is 0.115 e. The van der Waals surface area contributed by atoms with Crippen molar-refractivity contribution in [3.63, 3.8) is 0 Å². The number of thiophene rings is 1. The summed E-state index contributed by atoms with van der Waals surface area (Å²) in [5, 5.41) is 4.76. The second-order valence-corrected chi connectivity index (χ2v) is 10.8. The maximum atomic E-state index is 2.48. The van der Waals surface area contributed by atoms with Gasteiger partial charge in [-0.25, -0.2) is 0 Å². The predicted molar refractivity (Wildman–Crippen MR) is 84.0 cm³/mol. The van der Waals surface area contributed by atoms with E-state index in [9.17, 15) is 0 Å². The van der Waals surface area contributed by atoms with Gasteiger partial charge < -0.3 is 0 Å². The van der Waals surface area contributed by atoms with Gasteiger partial charge in [0.05, 0.1) is 0 Å². The van der Waals surface area contributed by atoms with Gasteiger partial charge in [-0.15, -0.1) is 11.3 Å². The SMILES string of the molecule is C[Si]1(C)c2ccccc2-c2sc3ccccc3c21. The Kier molecular flexibility index (Phi) is 1.95. The summed E-state index contributed by atoms with van der Waals surface area (Å²) in [4.78, 5) is 1.53. The normalized spacial score (nSPS) is 15.7. The van der Waals surface area contributed by atoms with Gasteiger partial charge in [0.1, 0.15) is 8.07 Å². The van der Waals surface area contributed by atoms with Crippen molar-refractivity contribution in [3.05, 3.63) is 48.5 Å². The molecule has 1 aliphatic heterocycles. The summed E-state index contributed by atoms with van der Waals surface area (Å²) in [5.74, 6) is 0. The van der Waals surface area contributed by atoms with E-state index in [-0.39, 0.29) is 0 Å². The lowest BCUT2D eigenvalue weighted by atomic mass is 10.2. The minimum absolute atomic E-state index is 1.44. The van der Waals surface area contributed by atoms with Gasteiger partial charge >= 0.3 is 0 Å². The van der Waals surface area contributed by atoms with Crippen molar-refractivity contribution in [1.82, 2.24) is 0 Å². The summed E-state index contributed by atoms with van der Waals surface area (Å²) < 4.78 is 1.44. The number of hydrogen-bond acceptors (Lipinski definition) is 1. The first-order valence-corrected chi connectivity index (χ1v) is 10.1. The van der Waals surface area contributed by atoms with E-state index in [0.717, 1.165) is 0 Å². The third-order valence-corrected chi connectivity index (χ3v) is 9.00. The lowest BCUT2D eigenvalue weighted by molar-refractivity contribution is 1.75. The van der Waals surface area contributed by atoms with Crippen LogP contribution < -0.4 is 10.4 Å². The molecule has 2 heteroatoms. The van der Waals surface area contributed by atoms with E-state index < -0.39 is 8.07 Å². The van der Waals surface area contributed by atoms with Gasteiger partial charge in [0.2, 0.25) is 0 Å². The van der Waals surface area contributed by atoms with Crippen molar-refractivity contribution in [2.75, 3.05) is 0 Å². The van der Waals surface area contributed by atoms with Crippen LogP contribution in [0.4, 0.5) is 0 Å². The Bertz CT molecular complexity index is 768. The molecule has 0 bridgehead atoms. The zero-order chi connectivity index (χ0) is 12.3. The Morgan fingerprint density at radius 1 is 0.889 bits per heavy atom. The summed E-state index contributed by atoms with van der Waals surface area (Å²) in [6.45, 7) is 4.97. The van der Waals surface area contributed by atoms with Gasteiger partial charge in [-0.3, -0.25) is 0 Å². The van der Waals surface area contributed by atoms with E-state index >= 15 is 0 Å². The van der Waals surface area contributed by atoms with E-state index in [4.69, 9.17) is 0 Å². The van der Waals surface area contributed by atoms with Crippen molar-refractivity contribution >= 4 is 39.9 Å². The molecular formula is C16H14SSi. The van der Waals surface area contributed by atoms with Gasteiger partial charge in [-0.2, -0.15) is 0 Å². The van der Waals surface area contributed by atoms with Crippen molar-refractivity contribution in [1.29, 1.82) is 0 Å². The van der Waals surface area contributed by atoms with Crippen LogP contribution in [-0.2, 0) is 0 Å². The van der Waals surface area contributed by atoms with Crippen molar-refractivity contribution < 1.29 is 0 Å². The van der Waals surface area contributed by atoms with E-state index in [2.05, 4.69) is 61.6 Å². The van der Waals surface area contributed by atoms with Gasteiger partial charge in [-0.1, -0.05) is 55.6 Å². The third kappa shape index (κ3) is 1.15. The first-order chi connectivity index (χ1) is 8.69. The van der Waals surface area contributed by atoms with Gasteiger partial charge in [0.25, 0.3) is 0 Å². The Morgan fingerprint density at radius 2 is 1.61 bits per heavy atom. The molecule has 1 aromatic heterocycles. The third-order valence-electron chi connectivity index (χ3n) is 4.07. The van der Waals surface area contributed by atoms with Crippen LogP contribution in [0.2, 0.25) is 13.1 Å². The zero-order valence-corrected chi connectivity index (χ0v) is 12.3. The van der Waals surface area contributed by atoms with Crippen LogP contribution in [-0.4, -0.2) is 8.07 Å². The molecule has 0 aliphatic carbocycles. The minimum atomic E-state index is -1.48. The van der Waals surface area contributed by atoms with Crippen LogP contribution in [0.5, 0.6) is 0 Å². The second-order valence-electron chi connectivity index (χ2n) is 5.47. The van der Waals surface area contributed by atoms with Crippen molar-refractivity contribution in [3.8, 4) is 10.4 Å². The molecular weight excluding hydrogens is 252 g/mol. The molecule has 0 saturated carbocycles. The second kappa shape index (κ2) is 3.34. The molecule has 1 aliphatic rings. The van der Waals surface area contributed by atoms with E-state index in [1.807, 2.05) is 11.3 Å². The highest BCUT2D eigenvalue weighted by Gasteiger charge is 2.39. The summed E-state index contributed by atoms with van der Waals surface area (Å²) >= 11 is 1.97. The molecule has 0 N–H and O–H groups in total. The highest BCUT2D eigenvalue weighted by Crippen LogP contribution is 2.38. The predicted octanol–water partition coefficient (Wildman–Crippen LogP) is 3.70. The molecule has 2 heterocycles. The minimum Gasteiger partial charge on any atom is -0.135 e. The molecule has 0 fully saturated rings. The monoisotopic (exact) mass is 266 g/mol. The molecule has 2 aromatic carbocycles. The largest absolute Gasteiger partial charge is 0.135 e. The quantitative estimate of drug-likeness (QED) is 0.544. The highest BCUT2D eigenvalue weighted by molar-refractivity contribution is 7.27. The first-order valence-electron chi connectivity index (χ1n) is 6.31. The average molecular weight is 266 g/mol. The van der Waals surface area contributed by atoms with Crippen molar-refractivity contribution in [2.45, 2.75) is 13.1 Å². The lowest BCUT2D eigenvalue weighted by Gasteiger charge is -2.18. The fourth-order valence-electron chi connectivity index (χ4n) is 3.22. The van der Waals surface area contributed by atoms with E-state index in [1.165, 1.54) is 20.5 Å². The smallest absolute Gasteiger partial charge is 0.115 e. The van der Waals surface area contributed by atoms with Crippen molar-refractivity contribution in [2.24, 2.45) is 0 Å². The molecule has 0 unspecified atom stereocenters. The fourth-order valence-corrected chi connectivity index (χ4v) is 8.72. The zero-order valence-electron chi connectivity index (χ0n) is 10.5. The van der Waals surface area contributed by atoms with Crippen LogP contribution >= 0.6 is 11.3 Å². The Hall–Kier alpha value is -1.38. The Labute approximate surface area is 112 Å². The van der Waals surface area contributed by atoms with Crippen LogP contribution in [0.15, 0.2) is 48.5 Å². The first kappa shape index (κ1) is 10.5. The molecule has 3 aromatic rings. The molecule has 0 spiro atoms. The maximum absolute atomic E-state index is 2.48. The summed E-state index contributed by atoms with van der Waals surface area (Å²) in [5.41, 5.74) is 1.49. The molecule has 0 radical (unpaired) electrons. The summed E-state index contributed by atoms with van der Waals surface area (Å²) in [6.07, 6.45) is 0. The molecule has 4 rings (SSSR count). The Morgan fingerprint density at radius 3 is 2.50 bits per heavy atom. The van der Waals surface area contributed by atoms with E-state index in [1.54, 1.807) is 10.4 Å². The van der Waals surface area contributed by atoms with Crippen LogP contribution in [0, 0.1) is 0 Å². The van der Waals surface area contributed by atoms with Gasteiger partial charge in [0, 0.05) is 9.58 Å². The number of fused-ring (bicyclic) bond motifs is 5. The van der Waals surface area contributed by atoms with Gasteiger partial charge in [0.15, 0.2) is 0 Å². The highest BCUT2D eigenvalue weighted by atomic mass is 32.1. The molecule has 0 saturated heterocycles. The molecule has 0 atom stereocenters. The van der Waals surface area contributed by atoms with Crippen LogP contribution in [0.25, 0.3) is 20.5 Å². The topological polar surface area (TPSA) is 0 Å². The molecule has 0 nitrogen and oxygen atoms in total. The summed E-state index contributed by atoms with van der Waals surface area (Å²) in [6, 6.07) is 17.9. The number of benzene rings is 2. The van der Waals surface area contributed by atoms with Crippen LogP contribution in [0.3, 0.4) is 0 Å². The fraction of sp³-hybridized carbons (Fsp3) is 0.125. The lowest BCUT2D eigenvalue weighted by Crippen LogP contribution is -2.49. The average Bonchev–Trinajstić information content (AvgIpc) is 2.86.